The van der Waals surface area contributed by atoms with E-state index in [0.29, 0.717) is 19.5 Å². The lowest BCUT2D eigenvalue weighted by atomic mass is 9.93. The molecule has 180 valence electrons. The third-order valence-corrected chi connectivity index (χ3v) is 6.76. The second kappa shape index (κ2) is 10.1. The van der Waals surface area contributed by atoms with Crippen LogP contribution in [0.1, 0.15) is 16.7 Å². The van der Waals surface area contributed by atoms with E-state index in [2.05, 4.69) is 17.0 Å². The number of rotatable bonds is 4. The van der Waals surface area contributed by atoms with Crippen LogP contribution in [0.15, 0.2) is 78.9 Å². The Morgan fingerprint density at radius 1 is 0.857 bits per heavy atom. The van der Waals surface area contributed by atoms with Gasteiger partial charge in [0.1, 0.15) is 18.4 Å². The van der Waals surface area contributed by atoms with E-state index < -0.39 is 12.1 Å². The van der Waals surface area contributed by atoms with Gasteiger partial charge in [0.05, 0.1) is 6.54 Å². The van der Waals surface area contributed by atoms with E-state index in [1.165, 1.54) is 4.90 Å². The van der Waals surface area contributed by atoms with E-state index in [-0.39, 0.29) is 24.8 Å². The lowest BCUT2D eigenvalue weighted by Gasteiger charge is -2.41. The Labute approximate surface area is 205 Å². The highest BCUT2D eigenvalue weighted by atomic mass is 16.6. The maximum absolute atomic E-state index is 13.7. The van der Waals surface area contributed by atoms with Crippen LogP contribution in [0.5, 0.6) is 5.75 Å². The van der Waals surface area contributed by atoms with Gasteiger partial charge in [-0.25, -0.2) is 4.79 Å². The van der Waals surface area contributed by atoms with Crippen LogP contribution in [0, 0.1) is 0 Å². The number of piperazine rings is 1. The predicted molar refractivity (Wildman–Crippen MR) is 133 cm³/mol. The molecule has 2 aliphatic heterocycles. The van der Waals surface area contributed by atoms with Crippen LogP contribution in [0.4, 0.5) is 10.5 Å². The van der Waals surface area contributed by atoms with Crippen LogP contribution >= 0.6 is 0 Å². The molecule has 5 rings (SSSR count). The molecule has 3 aromatic rings. The quantitative estimate of drug-likeness (QED) is 0.627. The number of phenols is 1. The molecule has 1 fully saturated rings. The fourth-order valence-corrected chi connectivity index (χ4v) is 4.82. The Hall–Kier alpha value is -4.00. The average Bonchev–Trinajstić information content (AvgIpc) is 2.91. The van der Waals surface area contributed by atoms with Crippen LogP contribution in [0.3, 0.4) is 0 Å². The number of phenolic OH excluding ortho intramolecular Hbond substituents is 1. The van der Waals surface area contributed by atoms with Crippen molar-refractivity contribution in [3.63, 3.8) is 0 Å². The summed E-state index contributed by atoms with van der Waals surface area (Å²) in [6.07, 6.45) is -0.127. The fourth-order valence-electron chi connectivity index (χ4n) is 4.82. The number of fused-ring (bicyclic) bond motifs is 1. The first-order chi connectivity index (χ1) is 17.1. The van der Waals surface area contributed by atoms with Gasteiger partial charge in [0.15, 0.2) is 0 Å². The molecule has 1 atom stereocenters. The Bertz CT molecular complexity index is 1180. The third-order valence-electron chi connectivity index (χ3n) is 6.76. The van der Waals surface area contributed by atoms with Crippen molar-refractivity contribution in [2.75, 3.05) is 31.1 Å². The van der Waals surface area contributed by atoms with Crippen molar-refractivity contribution in [2.24, 2.45) is 0 Å². The number of nitrogens with zero attached hydrogens (tertiary/aromatic N) is 3. The average molecular weight is 472 g/mol. The van der Waals surface area contributed by atoms with Crippen LogP contribution in [0.2, 0.25) is 0 Å². The summed E-state index contributed by atoms with van der Waals surface area (Å²) in [5, 5.41) is 9.95. The second-order valence-corrected chi connectivity index (χ2v) is 8.99. The Balaban J connectivity index is 1.31. The third kappa shape index (κ3) is 5.09. The highest BCUT2D eigenvalue weighted by molar-refractivity contribution is 5.87. The van der Waals surface area contributed by atoms with E-state index in [0.717, 1.165) is 35.5 Å². The molecule has 0 spiro atoms. The zero-order valence-corrected chi connectivity index (χ0v) is 19.5. The molecule has 0 aliphatic carbocycles. The molecule has 2 amide bonds. The molecule has 1 N–H and O–H groups in total. The molecule has 2 heterocycles. The van der Waals surface area contributed by atoms with Crippen molar-refractivity contribution in [1.82, 2.24) is 9.80 Å². The van der Waals surface area contributed by atoms with Gasteiger partial charge in [0, 0.05) is 38.3 Å². The lowest BCUT2D eigenvalue weighted by molar-refractivity contribution is -0.137. The minimum atomic E-state index is -0.640. The van der Waals surface area contributed by atoms with Gasteiger partial charge in [-0.3, -0.25) is 9.69 Å². The molecule has 3 aromatic carbocycles. The molecule has 0 bridgehead atoms. The molecule has 0 unspecified atom stereocenters. The first-order valence-electron chi connectivity index (χ1n) is 12.0. The zero-order chi connectivity index (χ0) is 24.2. The van der Waals surface area contributed by atoms with Gasteiger partial charge in [-0.05, 0) is 41.0 Å². The van der Waals surface area contributed by atoms with Gasteiger partial charge in [-0.15, -0.1) is 0 Å². The fraction of sp³-hybridized carbons (Fsp3) is 0.286. The van der Waals surface area contributed by atoms with Crippen molar-refractivity contribution >= 4 is 17.7 Å². The van der Waals surface area contributed by atoms with Crippen molar-refractivity contribution in [1.29, 1.82) is 0 Å². The topological polar surface area (TPSA) is 73.3 Å². The number of anilines is 1. The molecule has 35 heavy (non-hydrogen) atoms. The summed E-state index contributed by atoms with van der Waals surface area (Å²) < 4.78 is 5.60. The highest BCUT2D eigenvalue weighted by Gasteiger charge is 2.38. The number of amides is 2. The number of hydrogen-bond acceptors (Lipinski definition) is 5. The monoisotopic (exact) mass is 471 g/mol. The van der Waals surface area contributed by atoms with Crippen LogP contribution < -0.4 is 4.90 Å². The van der Waals surface area contributed by atoms with E-state index in [4.69, 9.17) is 4.74 Å². The summed E-state index contributed by atoms with van der Waals surface area (Å²) in [7, 11) is 0. The van der Waals surface area contributed by atoms with E-state index in [1.807, 2.05) is 59.5 Å². The van der Waals surface area contributed by atoms with Crippen molar-refractivity contribution < 1.29 is 19.4 Å². The van der Waals surface area contributed by atoms with E-state index in [9.17, 15) is 14.7 Å². The number of para-hydroxylation sites is 1. The summed E-state index contributed by atoms with van der Waals surface area (Å²) in [5.74, 6) is 0.0799. The molecule has 1 saturated heterocycles. The Morgan fingerprint density at radius 2 is 1.54 bits per heavy atom. The van der Waals surface area contributed by atoms with E-state index in [1.54, 1.807) is 12.1 Å². The number of benzene rings is 3. The molecule has 0 aromatic heterocycles. The van der Waals surface area contributed by atoms with Gasteiger partial charge >= 0.3 is 6.09 Å². The largest absolute Gasteiger partial charge is 0.508 e. The highest BCUT2D eigenvalue weighted by Crippen LogP contribution is 2.29. The lowest BCUT2D eigenvalue weighted by Crippen LogP contribution is -2.57. The normalized spacial score (nSPS) is 17.6. The minimum Gasteiger partial charge on any atom is -0.508 e. The van der Waals surface area contributed by atoms with Crippen molar-refractivity contribution in [3.05, 3.63) is 95.6 Å². The molecule has 0 radical (unpaired) electrons. The molecule has 7 heteroatoms. The molecular weight excluding hydrogens is 442 g/mol. The van der Waals surface area contributed by atoms with Crippen molar-refractivity contribution in [2.45, 2.75) is 25.6 Å². The molecule has 0 saturated carbocycles. The Morgan fingerprint density at radius 3 is 2.26 bits per heavy atom. The number of aromatic hydroxyl groups is 1. The first kappa shape index (κ1) is 22.8. The second-order valence-electron chi connectivity index (χ2n) is 8.99. The first-order valence-corrected chi connectivity index (χ1v) is 12.0. The van der Waals surface area contributed by atoms with Gasteiger partial charge in [0.25, 0.3) is 0 Å². The smallest absolute Gasteiger partial charge is 0.411 e. The van der Waals surface area contributed by atoms with Gasteiger partial charge in [-0.2, -0.15) is 0 Å². The summed E-state index contributed by atoms with van der Waals surface area (Å²) in [6.45, 7) is 3.04. The number of carbonyl (C=O) groups is 2. The summed E-state index contributed by atoms with van der Waals surface area (Å²) in [4.78, 5) is 32.5. The van der Waals surface area contributed by atoms with Crippen LogP contribution in [-0.2, 0) is 29.1 Å². The standard InChI is InChI=1S/C28H29N3O4/c32-25-12-11-22-18-26(27(33)30-15-13-29(14-16-30)24-9-5-2-6-10-24)31(19-23(22)17-25)28(34)35-20-21-7-3-1-4-8-21/h1-12,17,26,32H,13-16,18-20H2/t26-/m0/s1. The van der Waals surface area contributed by atoms with Crippen LogP contribution in [-0.4, -0.2) is 59.1 Å². The van der Waals surface area contributed by atoms with Gasteiger partial charge in [0.2, 0.25) is 5.91 Å². The summed E-state index contributed by atoms with van der Waals surface area (Å²) >= 11 is 0. The van der Waals surface area contributed by atoms with Crippen molar-refractivity contribution in [3.8, 4) is 5.75 Å². The maximum atomic E-state index is 13.7. The predicted octanol–water partition coefficient (Wildman–Crippen LogP) is 3.80. The summed E-state index contributed by atoms with van der Waals surface area (Å²) in [6, 6.07) is 24.2. The van der Waals surface area contributed by atoms with Gasteiger partial charge < -0.3 is 19.6 Å². The summed E-state index contributed by atoms with van der Waals surface area (Å²) in [5.41, 5.74) is 3.84. The minimum absolute atomic E-state index is 0.0619. The number of ether oxygens (including phenoxy) is 1. The van der Waals surface area contributed by atoms with Gasteiger partial charge in [-0.1, -0.05) is 54.6 Å². The number of hydrogen-bond donors (Lipinski definition) is 1. The van der Waals surface area contributed by atoms with Crippen LogP contribution in [0.25, 0.3) is 0 Å². The number of carbonyl (C=O) groups excluding carboxylic acids is 2. The van der Waals surface area contributed by atoms with E-state index >= 15 is 0 Å². The Kier molecular flexibility index (Phi) is 6.57. The molecule has 7 nitrogen and oxygen atoms in total. The maximum Gasteiger partial charge on any atom is 0.411 e. The zero-order valence-electron chi connectivity index (χ0n) is 19.5. The molecule has 2 aliphatic rings. The molecular formula is C28H29N3O4. The SMILES string of the molecule is O=C([C@@H]1Cc2ccc(O)cc2CN1C(=O)OCc1ccccc1)N1CCN(c2ccccc2)CC1.